The Morgan fingerprint density at radius 3 is 2.56 bits per heavy atom. The van der Waals surface area contributed by atoms with Crippen molar-refractivity contribution in [3.05, 3.63) is 48.7 Å². The third-order valence-corrected chi connectivity index (χ3v) is 9.50. The van der Waals surface area contributed by atoms with Gasteiger partial charge in [0, 0.05) is 23.9 Å². The number of nitrogens with one attached hydrogen (secondary N) is 2. The van der Waals surface area contributed by atoms with Gasteiger partial charge in [0.05, 0.1) is 11.8 Å². The molecule has 1 aliphatic heterocycles. The molecule has 3 amide bonds. The molecule has 2 saturated carbocycles. The van der Waals surface area contributed by atoms with Crippen LogP contribution in [0.4, 0.5) is 4.79 Å². The highest BCUT2D eigenvalue weighted by Crippen LogP contribution is 2.45. The molecule has 12 heteroatoms. The van der Waals surface area contributed by atoms with Crippen LogP contribution in [-0.4, -0.2) is 71.3 Å². The summed E-state index contributed by atoms with van der Waals surface area (Å²) in [4.78, 5) is 45.8. The fraction of sp³-hybridized carbons (Fsp3) is 0.517. The molecule has 220 valence electrons. The summed E-state index contributed by atoms with van der Waals surface area (Å²) in [5.41, 5.74) is -1.30. The summed E-state index contributed by atoms with van der Waals surface area (Å²) in [7, 11) is -3.82. The highest BCUT2D eigenvalue weighted by molar-refractivity contribution is 7.91. The quantitative estimate of drug-likeness (QED) is 0.451. The molecule has 3 fully saturated rings. The van der Waals surface area contributed by atoms with E-state index in [0.29, 0.717) is 18.7 Å². The van der Waals surface area contributed by atoms with E-state index >= 15 is 0 Å². The number of aromatic nitrogens is 1. The van der Waals surface area contributed by atoms with Gasteiger partial charge in [0.2, 0.25) is 21.8 Å². The summed E-state index contributed by atoms with van der Waals surface area (Å²) in [6.45, 7) is 10.9. The van der Waals surface area contributed by atoms with Crippen LogP contribution in [0.25, 0.3) is 10.8 Å². The molecule has 2 heterocycles. The van der Waals surface area contributed by atoms with E-state index < -0.39 is 62.4 Å². The number of aryl methyl sites for hydroxylation is 1. The maximum Gasteiger partial charge on any atom is 0.411 e. The summed E-state index contributed by atoms with van der Waals surface area (Å²) < 4.78 is 38.9. The first-order valence-corrected chi connectivity index (χ1v) is 15.3. The van der Waals surface area contributed by atoms with Crippen molar-refractivity contribution in [3.63, 3.8) is 0 Å². The van der Waals surface area contributed by atoms with Crippen LogP contribution >= 0.6 is 0 Å². The molecule has 11 nitrogen and oxygen atoms in total. The molecule has 1 aromatic heterocycles. The van der Waals surface area contributed by atoms with E-state index in [2.05, 4.69) is 21.6 Å². The first-order valence-electron chi connectivity index (χ1n) is 13.8. The Hall–Kier alpha value is -3.67. The van der Waals surface area contributed by atoms with Gasteiger partial charge in [0.25, 0.3) is 5.91 Å². The maximum atomic E-state index is 13.7. The molecule has 4 atom stereocenters. The zero-order valence-electron chi connectivity index (χ0n) is 23.7. The molecule has 41 heavy (non-hydrogen) atoms. The first-order chi connectivity index (χ1) is 19.2. The highest BCUT2D eigenvalue weighted by Gasteiger charge is 2.62. The molecule has 5 rings (SSSR count). The van der Waals surface area contributed by atoms with Crippen LogP contribution in [0.1, 0.15) is 52.0 Å². The molecular formula is C29H36N4O7S. The van der Waals surface area contributed by atoms with Crippen LogP contribution in [-0.2, 0) is 24.3 Å². The number of likely N-dealkylation sites (tertiary alicyclic amines) is 1. The van der Waals surface area contributed by atoms with Crippen LogP contribution in [0.3, 0.4) is 0 Å². The lowest BCUT2D eigenvalue weighted by atomic mass is 10.1. The summed E-state index contributed by atoms with van der Waals surface area (Å²) >= 11 is 0. The zero-order valence-corrected chi connectivity index (χ0v) is 24.5. The second-order valence-corrected chi connectivity index (χ2v) is 14.1. The van der Waals surface area contributed by atoms with Crippen molar-refractivity contribution in [2.24, 2.45) is 5.92 Å². The van der Waals surface area contributed by atoms with Gasteiger partial charge in [-0.3, -0.25) is 19.2 Å². The number of hydrogen-bond donors (Lipinski definition) is 2. The largest absolute Gasteiger partial charge is 0.472 e. The predicted molar refractivity (Wildman–Crippen MR) is 152 cm³/mol. The van der Waals surface area contributed by atoms with E-state index in [4.69, 9.17) is 9.47 Å². The van der Waals surface area contributed by atoms with E-state index in [-0.39, 0.29) is 19.4 Å². The Balaban J connectivity index is 1.38. The normalized spacial score (nSPS) is 25.9. The van der Waals surface area contributed by atoms with Crippen molar-refractivity contribution in [1.82, 2.24) is 19.9 Å². The van der Waals surface area contributed by atoms with Crippen molar-refractivity contribution in [3.8, 4) is 5.88 Å². The van der Waals surface area contributed by atoms with Crippen molar-refractivity contribution in [2.75, 3.05) is 6.54 Å². The minimum Gasteiger partial charge on any atom is -0.472 e. The van der Waals surface area contributed by atoms with Crippen molar-refractivity contribution < 1.29 is 32.3 Å². The number of rotatable bonds is 8. The van der Waals surface area contributed by atoms with E-state index in [0.717, 1.165) is 16.3 Å². The molecule has 1 aromatic carbocycles. The number of carbonyl (C=O) groups is 3. The number of fused-ring (bicyclic) bond motifs is 1. The van der Waals surface area contributed by atoms with E-state index in [1.54, 1.807) is 27.0 Å². The van der Waals surface area contributed by atoms with Crippen LogP contribution in [0, 0.1) is 12.8 Å². The number of hydrogen-bond acceptors (Lipinski definition) is 8. The average Bonchev–Trinajstić information content (AvgIpc) is 3.80. The number of sulfonamides is 1. The number of amides is 3. The lowest BCUT2D eigenvalue weighted by Crippen LogP contribution is -2.56. The molecule has 2 aliphatic carbocycles. The van der Waals surface area contributed by atoms with Gasteiger partial charge in [-0.2, -0.15) is 0 Å². The predicted octanol–water partition coefficient (Wildman–Crippen LogP) is 2.97. The van der Waals surface area contributed by atoms with Gasteiger partial charge >= 0.3 is 6.09 Å². The number of ether oxygens (including phenoxy) is 2. The van der Waals surface area contributed by atoms with Gasteiger partial charge in [-0.25, -0.2) is 18.2 Å². The fourth-order valence-corrected chi connectivity index (χ4v) is 6.66. The number of carbonyl (C=O) groups excluding carboxylic acids is 3. The molecule has 0 spiro atoms. The lowest BCUT2D eigenvalue weighted by Gasteiger charge is -2.29. The Morgan fingerprint density at radius 1 is 1.20 bits per heavy atom. The monoisotopic (exact) mass is 584 g/mol. The zero-order chi connectivity index (χ0) is 29.7. The summed E-state index contributed by atoms with van der Waals surface area (Å²) in [6.07, 6.45) is 3.17. The smallest absolute Gasteiger partial charge is 0.411 e. The Kier molecular flexibility index (Phi) is 7.25. The van der Waals surface area contributed by atoms with Gasteiger partial charge in [-0.05, 0) is 64.0 Å². The molecule has 3 aliphatic rings. The second-order valence-electron chi connectivity index (χ2n) is 12.1. The van der Waals surface area contributed by atoms with Gasteiger partial charge in [-0.15, -0.1) is 6.58 Å². The summed E-state index contributed by atoms with van der Waals surface area (Å²) in [6, 6.07) is 6.70. The number of benzene rings is 1. The molecule has 0 radical (unpaired) electrons. The van der Waals surface area contributed by atoms with Crippen LogP contribution in [0.2, 0.25) is 0 Å². The van der Waals surface area contributed by atoms with Crippen LogP contribution in [0.15, 0.2) is 43.1 Å². The van der Waals surface area contributed by atoms with E-state index in [1.165, 1.54) is 11.0 Å². The molecule has 1 saturated heterocycles. The molecule has 2 unspecified atom stereocenters. The first kappa shape index (κ1) is 28.8. The SMILES string of the molecule is C=C[C@@H]1C[C@]1(NC(=O)C1CC(Oc2nccc3cccc(C)c23)CN1C(=O)OC(C)(C)C)C(=O)NS(=O)(=O)C1CC1. The molecule has 2 aromatic rings. The van der Waals surface area contributed by atoms with Crippen molar-refractivity contribution in [2.45, 2.75) is 81.9 Å². The van der Waals surface area contributed by atoms with E-state index in [9.17, 15) is 22.8 Å². The molecule has 2 N–H and O–H groups in total. The van der Waals surface area contributed by atoms with Gasteiger partial charge < -0.3 is 14.8 Å². The summed E-state index contributed by atoms with van der Waals surface area (Å²) in [5, 5.41) is 3.95. The van der Waals surface area contributed by atoms with Crippen molar-refractivity contribution >= 4 is 38.7 Å². The number of nitrogens with zero attached hydrogens (tertiary/aromatic N) is 2. The van der Waals surface area contributed by atoms with Crippen molar-refractivity contribution in [1.29, 1.82) is 0 Å². The fourth-order valence-electron chi connectivity index (χ4n) is 5.29. The van der Waals surface area contributed by atoms with E-state index in [1.807, 2.05) is 31.2 Å². The lowest BCUT2D eigenvalue weighted by molar-refractivity contribution is -0.131. The van der Waals surface area contributed by atoms with Gasteiger partial charge in [-0.1, -0.05) is 24.3 Å². The second kappa shape index (κ2) is 10.3. The van der Waals surface area contributed by atoms with Gasteiger partial charge in [0.1, 0.15) is 23.3 Å². The molecular weight excluding hydrogens is 548 g/mol. The average molecular weight is 585 g/mol. The van der Waals surface area contributed by atoms with Crippen LogP contribution in [0.5, 0.6) is 5.88 Å². The number of pyridine rings is 1. The highest BCUT2D eigenvalue weighted by atomic mass is 32.2. The maximum absolute atomic E-state index is 13.7. The summed E-state index contributed by atoms with van der Waals surface area (Å²) in [5.74, 6) is -1.46. The third-order valence-electron chi connectivity index (χ3n) is 7.69. The Morgan fingerprint density at radius 2 is 1.93 bits per heavy atom. The van der Waals surface area contributed by atoms with Gasteiger partial charge in [0.15, 0.2) is 0 Å². The Bertz CT molecular complexity index is 1510. The minimum atomic E-state index is -3.82. The minimum absolute atomic E-state index is 0.0527. The Labute approximate surface area is 239 Å². The van der Waals surface area contributed by atoms with Crippen LogP contribution < -0.4 is 14.8 Å². The third kappa shape index (κ3) is 5.88. The standard InChI is InChI=1S/C29H36N4O7S/c1-6-19-15-29(19,26(35)32-41(37,38)21-10-11-21)31-24(34)22-14-20(16-33(22)27(36)40-28(3,4)5)39-25-23-17(2)8-7-9-18(23)12-13-30-25/h6-9,12-13,19-22H,1,10-11,14-16H2,2-5H3,(H,31,34)(H,32,35)/t19-,20?,22?,29-/m1/s1. The topological polar surface area (TPSA) is 144 Å². The molecule has 0 bridgehead atoms.